The fraction of sp³-hybridized carbons (Fsp3) is 0. The molecule has 0 spiro atoms. The quantitative estimate of drug-likeness (QED) is 0.708. The number of para-hydroxylation sites is 1. The lowest BCUT2D eigenvalue weighted by atomic mass is 10.2. The number of aromatic hydroxyl groups is 1. The van der Waals surface area contributed by atoms with Crippen molar-refractivity contribution < 1.29 is 9.90 Å². The number of carbonyl (C=O) groups excluding carboxylic acids is 1. The molecule has 18 heavy (non-hydrogen) atoms. The van der Waals surface area contributed by atoms with Gasteiger partial charge < -0.3 is 5.11 Å². The largest absolute Gasteiger partial charge is 0.492 e. The van der Waals surface area contributed by atoms with E-state index in [1.165, 1.54) is 4.68 Å². The van der Waals surface area contributed by atoms with Crippen LogP contribution in [0.3, 0.4) is 0 Å². The third kappa shape index (κ3) is 1.55. The van der Waals surface area contributed by atoms with Crippen LogP contribution < -0.4 is 0 Å². The van der Waals surface area contributed by atoms with E-state index in [0.29, 0.717) is 16.5 Å². The first-order valence-corrected chi connectivity index (χ1v) is 5.54. The molecule has 0 aliphatic carbocycles. The molecule has 0 saturated carbocycles. The van der Waals surface area contributed by atoms with Gasteiger partial charge in [-0.2, -0.15) is 4.68 Å². The summed E-state index contributed by atoms with van der Waals surface area (Å²) in [6.07, 6.45) is 0. The van der Waals surface area contributed by atoms with Crippen LogP contribution in [-0.2, 0) is 0 Å². The Morgan fingerprint density at radius 2 is 1.67 bits per heavy atom. The second-order valence-electron chi connectivity index (χ2n) is 3.92. The molecule has 1 N–H and O–H groups in total. The van der Waals surface area contributed by atoms with Gasteiger partial charge in [-0.3, -0.25) is 4.79 Å². The second-order valence-corrected chi connectivity index (χ2v) is 3.92. The number of benzene rings is 2. The molecule has 0 fully saturated rings. The zero-order valence-corrected chi connectivity index (χ0v) is 9.45. The van der Waals surface area contributed by atoms with Crippen molar-refractivity contribution in [2.75, 3.05) is 0 Å². The molecule has 0 unspecified atom stereocenters. The van der Waals surface area contributed by atoms with Crippen LogP contribution >= 0.6 is 0 Å². The van der Waals surface area contributed by atoms with Crippen molar-refractivity contribution in [3.63, 3.8) is 0 Å². The molecule has 4 heteroatoms. The van der Waals surface area contributed by atoms with Crippen LogP contribution in [0.1, 0.15) is 10.4 Å². The van der Waals surface area contributed by atoms with Gasteiger partial charge in [0.05, 0.1) is 10.9 Å². The Hall–Kier alpha value is -2.62. The maximum atomic E-state index is 12.3. The van der Waals surface area contributed by atoms with E-state index in [4.69, 9.17) is 0 Å². The molecule has 0 aliphatic heterocycles. The van der Waals surface area contributed by atoms with E-state index in [0.717, 1.165) is 0 Å². The van der Waals surface area contributed by atoms with Gasteiger partial charge in [-0.1, -0.05) is 30.3 Å². The van der Waals surface area contributed by atoms with E-state index in [9.17, 15) is 9.90 Å². The van der Waals surface area contributed by atoms with Crippen molar-refractivity contribution in [3.8, 4) is 5.88 Å². The number of aromatic nitrogens is 2. The molecule has 0 amide bonds. The third-order valence-electron chi connectivity index (χ3n) is 2.78. The first kappa shape index (κ1) is 10.5. The number of fused-ring (bicyclic) bond motifs is 1. The van der Waals surface area contributed by atoms with Crippen LogP contribution in [0.25, 0.3) is 10.9 Å². The minimum Gasteiger partial charge on any atom is -0.492 e. The van der Waals surface area contributed by atoms with E-state index in [1.807, 2.05) is 6.07 Å². The summed E-state index contributed by atoms with van der Waals surface area (Å²) >= 11 is 0. The van der Waals surface area contributed by atoms with Crippen LogP contribution in [0, 0.1) is 0 Å². The molecule has 0 radical (unpaired) electrons. The zero-order chi connectivity index (χ0) is 12.5. The third-order valence-corrected chi connectivity index (χ3v) is 2.78. The van der Waals surface area contributed by atoms with Gasteiger partial charge in [-0.25, -0.2) is 0 Å². The van der Waals surface area contributed by atoms with Gasteiger partial charge in [0.15, 0.2) is 0 Å². The van der Waals surface area contributed by atoms with Crippen LogP contribution in [0.4, 0.5) is 0 Å². The van der Waals surface area contributed by atoms with E-state index in [2.05, 4.69) is 5.10 Å². The number of hydrogen-bond donors (Lipinski definition) is 1. The topological polar surface area (TPSA) is 55.1 Å². The minimum atomic E-state index is -0.257. The number of carbonyl (C=O) groups is 1. The Morgan fingerprint density at radius 1 is 1.00 bits per heavy atom. The van der Waals surface area contributed by atoms with Crippen molar-refractivity contribution in [2.24, 2.45) is 0 Å². The SMILES string of the molecule is O=C(c1ccccc1)n1nc(O)c2ccccc21. The highest BCUT2D eigenvalue weighted by molar-refractivity contribution is 6.02. The Morgan fingerprint density at radius 3 is 2.44 bits per heavy atom. The molecular weight excluding hydrogens is 228 g/mol. The van der Waals surface area contributed by atoms with Gasteiger partial charge in [-0.05, 0) is 24.3 Å². The van der Waals surface area contributed by atoms with Crippen molar-refractivity contribution in [3.05, 3.63) is 60.2 Å². The standard InChI is InChI=1S/C14H10N2O2/c17-13-11-8-4-5-9-12(11)16(15-13)14(18)10-6-2-1-3-7-10/h1-9H,(H,15,17). The molecule has 3 rings (SSSR count). The first-order valence-electron chi connectivity index (χ1n) is 5.54. The summed E-state index contributed by atoms with van der Waals surface area (Å²) in [6, 6.07) is 15.9. The fourth-order valence-corrected chi connectivity index (χ4v) is 1.91. The van der Waals surface area contributed by atoms with E-state index < -0.39 is 0 Å². The average molecular weight is 238 g/mol. The van der Waals surface area contributed by atoms with Gasteiger partial charge in [0.25, 0.3) is 5.91 Å². The van der Waals surface area contributed by atoms with Crippen molar-refractivity contribution in [2.45, 2.75) is 0 Å². The Kier molecular flexibility index (Phi) is 2.34. The number of hydrogen-bond acceptors (Lipinski definition) is 3. The molecule has 0 bridgehead atoms. The summed E-state index contributed by atoms with van der Waals surface area (Å²) < 4.78 is 1.22. The maximum Gasteiger partial charge on any atom is 0.278 e. The van der Waals surface area contributed by atoms with Gasteiger partial charge in [0, 0.05) is 5.56 Å². The Bertz CT molecular complexity index is 717. The van der Waals surface area contributed by atoms with Crippen LogP contribution in [0.2, 0.25) is 0 Å². The molecule has 1 heterocycles. The van der Waals surface area contributed by atoms with E-state index >= 15 is 0 Å². The monoisotopic (exact) mass is 238 g/mol. The summed E-state index contributed by atoms with van der Waals surface area (Å²) in [6.45, 7) is 0. The van der Waals surface area contributed by atoms with Gasteiger partial charge >= 0.3 is 0 Å². The fourth-order valence-electron chi connectivity index (χ4n) is 1.91. The molecule has 0 saturated heterocycles. The van der Waals surface area contributed by atoms with Gasteiger partial charge in [0.1, 0.15) is 0 Å². The van der Waals surface area contributed by atoms with E-state index in [1.54, 1.807) is 48.5 Å². The average Bonchev–Trinajstić information content (AvgIpc) is 2.77. The molecule has 2 aromatic carbocycles. The van der Waals surface area contributed by atoms with Crippen molar-refractivity contribution >= 4 is 16.8 Å². The normalized spacial score (nSPS) is 10.7. The maximum absolute atomic E-state index is 12.3. The number of nitrogens with zero attached hydrogens (tertiary/aromatic N) is 2. The second kappa shape index (κ2) is 4.00. The Labute approximate surface area is 103 Å². The van der Waals surface area contributed by atoms with Gasteiger partial charge in [-0.15, -0.1) is 5.10 Å². The smallest absolute Gasteiger partial charge is 0.278 e. The highest BCUT2D eigenvalue weighted by Gasteiger charge is 2.15. The number of rotatable bonds is 1. The highest BCUT2D eigenvalue weighted by Crippen LogP contribution is 2.23. The van der Waals surface area contributed by atoms with Crippen molar-refractivity contribution in [1.82, 2.24) is 9.78 Å². The molecule has 0 atom stereocenters. The lowest BCUT2D eigenvalue weighted by Gasteiger charge is -2.01. The predicted molar refractivity (Wildman–Crippen MR) is 67.6 cm³/mol. The summed E-state index contributed by atoms with van der Waals surface area (Å²) in [5.74, 6) is -0.387. The minimum absolute atomic E-state index is 0.130. The van der Waals surface area contributed by atoms with Crippen LogP contribution in [0.15, 0.2) is 54.6 Å². The van der Waals surface area contributed by atoms with Crippen molar-refractivity contribution in [1.29, 1.82) is 0 Å². The van der Waals surface area contributed by atoms with E-state index in [-0.39, 0.29) is 11.8 Å². The van der Waals surface area contributed by atoms with Crippen LogP contribution in [0.5, 0.6) is 5.88 Å². The summed E-state index contributed by atoms with van der Waals surface area (Å²) in [7, 11) is 0. The molecule has 88 valence electrons. The Balaban J connectivity index is 2.19. The summed E-state index contributed by atoms with van der Waals surface area (Å²) in [5, 5.41) is 14.2. The molecule has 1 aromatic heterocycles. The van der Waals surface area contributed by atoms with Gasteiger partial charge in [0.2, 0.25) is 5.88 Å². The molecule has 3 aromatic rings. The summed E-state index contributed by atoms with van der Waals surface area (Å²) in [5.41, 5.74) is 1.13. The molecule has 0 aliphatic rings. The lowest BCUT2D eigenvalue weighted by Crippen LogP contribution is -2.13. The summed E-state index contributed by atoms with van der Waals surface area (Å²) in [4.78, 5) is 12.3. The lowest BCUT2D eigenvalue weighted by molar-refractivity contribution is 0.0948. The molecule has 4 nitrogen and oxygen atoms in total. The molecular formula is C14H10N2O2. The first-order chi connectivity index (χ1) is 8.77. The van der Waals surface area contributed by atoms with Crippen LogP contribution in [-0.4, -0.2) is 20.8 Å². The zero-order valence-electron chi connectivity index (χ0n) is 9.45. The highest BCUT2D eigenvalue weighted by atomic mass is 16.3. The predicted octanol–water partition coefficient (Wildman–Crippen LogP) is 2.43.